The molecule has 7 nitrogen and oxygen atoms in total. The van der Waals surface area contributed by atoms with Crippen molar-refractivity contribution in [2.24, 2.45) is 4.99 Å². The second kappa shape index (κ2) is 11.4. The molecule has 0 spiro atoms. The molecule has 10 heteroatoms. The van der Waals surface area contributed by atoms with Crippen molar-refractivity contribution in [2.75, 3.05) is 12.0 Å². The van der Waals surface area contributed by atoms with Crippen molar-refractivity contribution in [1.29, 1.82) is 0 Å². The van der Waals surface area contributed by atoms with Crippen LogP contribution in [0.4, 0.5) is 14.6 Å². The maximum Gasteiger partial charge on any atom is 0.273 e. The van der Waals surface area contributed by atoms with Gasteiger partial charge in [0.2, 0.25) is 0 Å². The molecule has 0 saturated carbocycles. The summed E-state index contributed by atoms with van der Waals surface area (Å²) in [7, 11) is 5.63. The zero-order valence-corrected chi connectivity index (χ0v) is 16.5. The quantitative estimate of drug-likeness (QED) is 0.241. The van der Waals surface area contributed by atoms with Crippen LogP contribution >= 0.6 is 0 Å². The van der Waals surface area contributed by atoms with E-state index < -0.39 is 17.5 Å². The number of allylic oxidation sites excluding steroid dienone is 2. The number of benzene rings is 1. The summed E-state index contributed by atoms with van der Waals surface area (Å²) in [5.74, 6) is -2.36. The molecule has 1 aromatic heterocycles. The van der Waals surface area contributed by atoms with Crippen LogP contribution in [0, 0.1) is 11.6 Å². The SMILES string of the molecule is [B]c1cnc(NCN=CNC(=C)/C=C\CC)c(C(=O)NCc2ccc(F)c(F)c2)n1. The predicted molar refractivity (Wildman–Crippen MR) is 114 cm³/mol. The van der Waals surface area contributed by atoms with Gasteiger partial charge in [0, 0.05) is 24.0 Å². The third-order valence-corrected chi connectivity index (χ3v) is 3.68. The lowest BCUT2D eigenvalue weighted by atomic mass is 10.1. The summed E-state index contributed by atoms with van der Waals surface area (Å²) in [4.78, 5) is 24.6. The molecule has 2 rings (SSSR count). The normalized spacial score (nSPS) is 11.0. The molecule has 2 aromatic rings. The number of aliphatic imine (C=N–C) groups is 1. The highest BCUT2D eigenvalue weighted by molar-refractivity contribution is 6.30. The Labute approximate surface area is 174 Å². The zero-order chi connectivity index (χ0) is 21.9. The number of rotatable bonds is 10. The van der Waals surface area contributed by atoms with Gasteiger partial charge >= 0.3 is 0 Å². The molecule has 0 aliphatic heterocycles. The largest absolute Gasteiger partial charge is 0.349 e. The minimum absolute atomic E-state index is 0.0264. The number of carbonyl (C=O) groups is 1. The molecule has 0 fully saturated rings. The maximum absolute atomic E-state index is 13.3. The van der Waals surface area contributed by atoms with Crippen molar-refractivity contribution in [1.82, 2.24) is 20.6 Å². The molecule has 3 N–H and O–H groups in total. The number of carbonyl (C=O) groups excluding carboxylic acids is 1. The van der Waals surface area contributed by atoms with Gasteiger partial charge in [-0.05, 0) is 30.2 Å². The average Bonchev–Trinajstić information content (AvgIpc) is 2.73. The van der Waals surface area contributed by atoms with Gasteiger partial charge < -0.3 is 16.0 Å². The first-order valence-corrected chi connectivity index (χ1v) is 9.09. The first kappa shape index (κ1) is 22.7. The molecule has 0 aliphatic carbocycles. The molecule has 0 unspecified atom stereocenters. The van der Waals surface area contributed by atoms with E-state index in [-0.39, 0.29) is 30.3 Å². The summed E-state index contributed by atoms with van der Waals surface area (Å²) in [6.45, 7) is 5.91. The second-order valence-corrected chi connectivity index (χ2v) is 6.05. The van der Waals surface area contributed by atoms with Gasteiger partial charge in [0.05, 0.1) is 6.34 Å². The lowest BCUT2D eigenvalue weighted by molar-refractivity contribution is 0.0946. The smallest absolute Gasteiger partial charge is 0.273 e. The zero-order valence-electron chi connectivity index (χ0n) is 16.5. The van der Waals surface area contributed by atoms with Gasteiger partial charge in [0.25, 0.3) is 5.91 Å². The van der Waals surface area contributed by atoms with E-state index in [1.165, 1.54) is 18.6 Å². The number of halogens is 2. The Bertz CT molecular complexity index is 964. The van der Waals surface area contributed by atoms with Crippen molar-refractivity contribution in [3.05, 3.63) is 71.7 Å². The molecule has 0 atom stereocenters. The minimum atomic E-state index is -0.993. The Morgan fingerprint density at radius 1 is 1.33 bits per heavy atom. The summed E-state index contributed by atoms with van der Waals surface area (Å²) in [5, 5.41) is 8.33. The van der Waals surface area contributed by atoms with Crippen molar-refractivity contribution < 1.29 is 13.6 Å². The average molecular weight is 410 g/mol. The standard InChI is InChI=1S/C20H21BF2N6O/c1-3-4-5-13(2)27-11-24-12-28-19-18(29-17(21)10-25-19)20(30)26-9-14-6-7-15(22)16(23)8-14/h4-8,10-11H,2-3,9,12H2,1H3,(H,24,27)(H,25,28)(H,26,30)/b5-4-. The molecule has 0 bridgehead atoms. The van der Waals surface area contributed by atoms with Gasteiger partial charge in [-0.2, -0.15) is 0 Å². The fourth-order valence-corrected chi connectivity index (χ4v) is 2.21. The minimum Gasteiger partial charge on any atom is -0.349 e. The second-order valence-electron chi connectivity index (χ2n) is 6.05. The van der Waals surface area contributed by atoms with E-state index in [1.54, 1.807) is 0 Å². The molecule has 0 aliphatic rings. The topological polar surface area (TPSA) is 91.3 Å². The molecule has 2 radical (unpaired) electrons. The number of amides is 1. The van der Waals surface area contributed by atoms with Gasteiger partial charge in [-0.25, -0.2) is 13.8 Å². The lowest BCUT2D eigenvalue weighted by Crippen LogP contribution is -2.28. The Morgan fingerprint density at radius 3 is 2.87 bits per heavy atom. The van der Waals surface area contributed by atoms with Gasteiger partial charge in [-0.15, -0.1) is 0 Å². The summed E-state index contributed by atoms with van der Waals surface area (Å²) in [6.07, 6.45) is 7.45. The molecule has 0 saturated heterocycles. The molecule has 154 valence electrons. The Balaban J connectivity index is 1.96. The van der Waals surface area contributed by atoms with E-state index in [2.05, 4.69) is 37.5 Å². The first-order valence-electron chi connectivity index (χ1n) is 9.09. The van der Waals surface area contributed by atoms with E-state index in [4.69, 9.17) is 7.85 Å². The van der Waals surface area contributed by atoms with Gasteiger partial charge in [-0.1, -0.05) is 25.6 Å². The van der Waals surface area contributed by atoms with Crippen LogP contribution < -0.4 is 21.5 Å². The highest BCUT2D eigenvalue weighted by atomic mass is 19.2. The first-order chi connectivity index (χ1) is 14.4. The summed E-state index contributed by atoms with van der Waals surface area (Å²) in [6, 6.07) is 3.36. The van der Waals surface area contributed by atoms with Crippen LogP contribution in [0.15, 0.2) is 53.8 Å². The summed E-state index contributed by atoms with van der Waals surface area (Å²) in [5.41, 5.74) is 1.09. The Kier molecular flexibility index (Phi) is 8.67. The molecule has 1 heterocycles. The highest BCUT2D eigenvalue weighted by Gasteiger charge is 2.15. The number of hydrogen-bond donors (Lipinski definition) is 3. The summed E-state index contributed by atoms with van der Waals surface area (Å²) >= 11 is 0. The van der Waals surface area contributed by atoms with Crippen LogP contribution in [-0.2, 0) is 6.54 Å². The van der Waals surface area contributed by atoms with Gasteiger partial charge in [0.15, 0.2) is 23.1 Å². The summed E-state index contributed by atoms with van der Waals surface area (Å²) < 4.78 is 26.3. The fourth-order valence-electron chi connectivity index (χ4n) is 2.21. The van der Waals surface area contributed by atoms with Crippen LogP contribution in [0.25, 0.3) is 0 Å². The van der Waals surface area contributed by atoms with Gasteiger partial charge in [0.1, 0.15) is 14.5 Å². The van der Waals surface area contributed by atoms with Crippen molar-refractivity contribution in [3.8, 4) is 0 Å². The maximum atomic E-state index is 13.3. The fraction of sp³-hybridized carbons (Fsp3) is 0.200. The third-order valence-electron chi connectivity index (χ3n) is 3.68. The number of aromatic nitrogens is 2. The Hall–Kier alpha value is -3.56. The van der Waals surface area contributed by atoms with Crippen molar-refractivity contribution in [2.45, 2.75) is 19.9 Å². The van der Waals surface area contributed by atoms with Crippen molar-refractivity contribution >= 4 is 31.5 Å². The monoisotopic (exact) mass is 410 g/mol. The highest BCUT2D eigenvalue weighted by Crippen LogP contribution is 2.10. The number of nitrogens with one attached hydrogen (secondary N) is 3. The molecule has 1 amide bonds. The Morgan fingerprint density at radius 2 is 2.13 bits per heavy atom. The molecular formula is C20H21BF2N6O. The van der Waals surface area contributed by atoms with Crippen LogP contribution in [0.1, 0.15) is 29.4 Å². The molecule has 30 heavy (non-hydrogen) atoms. The van der Waals surface area contributed by atoms with Crippen molar-refractivity contribution in [3.63, 3.8) is 0 Å². The van der Waals surface area contributed by atoms with E-state index in [0.717, 1.165) is 18.6 Å². The predicted octanol–water partition coefficient (Wildman–Crippen LogP) is 1.95. The number of hydrogen-bond acceptors (Lipinski definition) is 5. The third kappa shape index (κ3) is 7.12. The van der Waals surface area contributed by atoms with Crippen LogP contribution in [-0.4, -0.2) is 36.7 Å². The number of nitrogens with zero attached hydrogens (tertiary/aromatic N) is 3. The van der Waals surface area contributed by atoms with E-state index in [1.807, 2.05) is 19.1 Å². The molecular weight excluding hydrogens is 389 g/mol. The van der Waals surface area contributed by atoms with Crippen LogP contribution in [0.2, 0.25) is 0 Å². The van der Waals surface area contributed by atoms with E-state index in [9.17, 15) is 13.6 Å². The van der Waals surface area contributed by atoms with Crippen LogP contribution in [0.5, 0.6) is 0 Å². The number of anilines is 1. The molecule has 1 aromatic carbocycles. The van der Waals surface area contributed by atoms with Crippen LogP contribution in [0.3, 0.4) is 0 Å². The van der Waals surface area contributed by atoms with E-state index >= 15 is 0 Å². The van der Waals surface area contributed by atoms with Gasteiger partial charge in [-0.3, -0.25) is 14.8 Å². The lowest BCUT2D eigenvalue weighted by Gasteiger charge is -2.10. The van der Waals surface area contributed by atoms with E-state index in [0.29, 0.717) is 11.3 Å².